The molecular formula is C24H29FN2O6S. The zero-order valence-corrected chi connectivity index (χ0v) is 20.1. The van der Waals surface area contributed by atoms with Crippen LogP contribution in [0.2, 0.25) is 0 Å². The Bertz CT molecular complexity index is 1130. The third-order valence-electron chi connectivity index (χ3n) is 5.54. The maximum Gasteiger partial charge on any atom is 0.306 e. The third kappa shape index (κ3) is 6.54. The summed E-state index contributed by atoms with van der Waals surface area (Å²) in [6.45, 7) is 4.45. The molecule has 0 radical (unpaired) electrons. The number of benzene rings is 2. The monoisotopic (exact) mass is 492 g/mol. The normalized spacial score (nSPS) is 14.6. The van der Waals surface area contributed by atoms with Crippen LogP contribution in [0, 0.1) is 19.7 Å². The molecule has 2 aromatic rings. The van der Waals surface area contributed by atoms with Crippen LogP contribution in [0.15, 0.2) is 47.4 Å². The van der Waals surface area contributed by atoms with Crippen LogP contribution in [-0.2, 0) is 24.3 Å². The molecule has 184 valence electrons. The van der Waals surface area contributed by atoms with Crippen molar-refractivity contribution in [1.29, 1.82) is 0 Å². The van der Waals surface area contributed by atoms with Gasteiger partial charge in [-0.15, -0.1) is 0 Å². The number of amides is 1. The zero-order valence-electron chi connectivity index (χ0n) is 19.3. The number of carbonyl (C=O) groups excluding carboxylic acids is 2. The molecule has 0 bridgehead atoms. The van der Waals surface area contributed by atoms with E-state index in [0.29, 0.717) is 5.56 Å². The lowest BCUT2D eigenvalue weighted by molar-refractivity contribution is -0.147. The average molecular weight is 493 g/mol. The van der Waals surface area contributed by atoms with E-state index in [0.717, 1.165) is 5.56 Å². The van der Waals surface area contributed by atoms with Gasteiger partial charge in [0.15, 0.2) is 11.6 Å². The largest absolute Gasteiger partial charge is 0.487 e. The number of aryl methyl sites for hydroxylation is 2. The van der Waals surface area contributed by atoms with E-state index in [1.807, 2.05) is 13.0 Å². The van der Waals surface area contributed by atoms with Crippen LogP contribution in [0.25, 0.3) is 0 Å². The fourth-order valence-corrected chi connectivity index (χ4v) is 5.34. The maximum absolute atomic E-state index is 13.5. The second-order valence-electron chi connectivity index (χ2n) is 8.05. The van der Waals surface area contributed by atoms with Gasteiger partial charge in [0.1, 0.15) is 13.2 Å². The average Bonchev–Trinajstić information content (AvgIpc) is 2.82. The zero-order chi connectivity index (χ0) is 24.7. The van der Waals surface area contributed by atoms with Crippen LogP contribution in [-0.4, -0.2) is 68.9 Å². The molecule has 0 unspecified atom stereocenters. The van der Waals surface area contributed by atoms with E-state index in [4.69, 9.17) is 9.47 Å². The lowest BCUT2D eigenvalue weighted by Crippen LogP contribution is -2.50. The molecule has 3 rings (SSSR count). The molecule has 1 aliphatic rings. The number of ether oxygens (including phenoxy) is 2. The van der Waals surface area contributed by atoms with Gasteiger partial charge in [0.05, 0.1) is 11.3 Å². The van der Waals surface area contributed by atoms with Crippen molar-refractivity contribution in [2.75, 3.05) is 39.4 Å². The summed E-state index contributed by atoms with van der Waals surface area (Å²) in [5.41, 5.74) is 1.55. The third-order valence-corrected chi connectivity index (χ3v) is 7.58. The number of nitrogens with zero attached hydrogens (tertiary/aromatic N) is 2. The van der Waals surface area contributed by atoms with Crippen LogP contribution < -0.4 is 4.74 Å². The number of rotatable bonds is 9. The topological polar surface area (TPSA) is 93.2 Å². The Morgan fingerprint density at radius 1 is 0.971 bits per heavy atom. The number of piperazine rings is 1. The van der Waals surface area contributed by atoms with Gasteiger partial charge >= 0.3 is 5.97 Å². The predicted molar refractivity (Wildman–Crippen MR) is 123 cm³/mol. The highest BCUT2D eigenvalue weighted by atomic mass is 32.2. The molecule has 0 atom stereocenters. The quantitative estimate of drug-likeness (QED) is 0.395. The Balaban J connectivity index is 1.39. The number of halogens is 1. The van der Waals surface area contributed by atoms with Crippen LogP contribution in [0.4, 0.5) is 4.39 Å². The Morgan fingerprint density at radius 3 is 2.38 bits per heavy atom. The molecule has 34 heavy (non-hydrogen) atoms. The Kier molecular flexibility index (Phi) is 8.62. The summed E-state index contributed by atoms with van der Waals surface area (Å²) in [6.07, 6.45) is -0.129. The lowest BCUT2D eigenvalue weighted by atomic mass is 10.2. The minimum atomic E-state index is -3.64. The standard InChI is InChI=1S/C24H29FN2O6S/c1-18-7-8-19(2)22(17-18)34(30,31)27-13-11-26(12-14-27)23(28)9-10-24(29)33-16-15-32-21-6-4-3-5-20(21)25/h3-8,17H,9-16H2,1-2H3. The van der Waals surface area contributed by atoms with Gasteiger partial charge in [-0.1, -0.05) is 24.3 Å². The van der Waals surface area contributed by atoms with Crippen molar-refractivity contribution in [3.63, 3.8) is 0 Å². The maximum atomic E-state index is 13.5. The van der Waals surface area contributed by atoms with E-state index in [1.165, 1.54) is 16.4 Å². The second kappa shape index (κ2) is 11.4. The second-order valence-corrected chi connectivity index (χ2v) is 9.96. The number of para-hydroxylation sites is 1. The van der Waals surface area contributed by atoms with E-state index in [9.17, 15) is 22.4 Å². The first-order valence-corrected chi connectivity index (χ1v) is 12.5. The molecule has 1 fully saturated rings. The summed E-state index contributed by atoms with van der Waals surface area (Å²) < 4.78 is 51.1. The first-order valence-electron chi connectivity index (χ1n) is 11.1. The van der Waals surface area contributed by atoms with E-state index >= 15 is 0 Å². The lowest BCUT2D eigenvalue weighted by Gasteiger charge is -2.34. The van der Waals surface area contributed by atoms with Crippen molar-refractivity contribution in [3.05, 3.63) is 59.4 Å². The van der Waals surface area contributed by atoms with Crippen molar-refractivity contribution < 1.29 is 31.9 Å². The van der Waals surface area contributed by atoms with Crippen LogP contribution >= 0.6 is 0 Å². The molecule has 0 saturated carbocycles. The van der Waals surface area contributed by atoms with E-state index in [-0.39, 0.29) is 68.8 Å². The van der Waals surface area contributed by atoms with E-state index < -0.39 is 21.8 Å². The van der Waals surface area contributed by atoms with Crippen LogP contribution in [0.5, 0.6) is 5.75 Å². The summed E-state index contributed by atoms with van der Waals surface area (Å²) >= 11 is 0. The number of esters is 1. The van der Waals surface area contributed by atoms with Gasteiger partial charge in [-0.2, -0.15) is 4.31 Å². The molecule has 8 nitrogen and oxygen atoms in total. The molecule has 0 spiro atoms. The van der Waals surface area contributed by atoms with Crippen LogP contribution in [0.3, 0.4) is 0 Å². The predicted octanol–water partition coefficient (Wildman–Crippen LogP) is 2.68. The minimum Gasteiger partial charge on any atom is -0.487 e. The van der Waals surface area contributed by atoms with Gasteiger partial charge in [0.2, 0.25) is 15.9 Å². The summed E-state index contributed by atoms with van der Waals surface area (Å²) in [5.74, 6) is -1.21. The fourth-order valence-electron chi connectivity index (χ4n) is 3.61. The Morgan fingerprint density at radius 2 is 1.68 bits per heavy atom. The molecule has 10 heteroatoms. The summed E-state index contributed by atoms with van der Waals surface area (Å²) in [6, 6.07) is 11.2. The molecule has 1 saturated heterocycles. The molecule has 0 aromatic heterocycles. The SMILES string of the molecule is Cc1ccc(C)c(S(=O)(=O)N2CCN(C(=O)CCC(=O)OCCOc3ccccc3F)CC2)c1. The number of carbonyl (C=O) groups is 2. The fraction of sp³-hybridized carbons (Fsp3) is 0.417. The highest BCUT2D eigenvalue weighted by Gasteiger charge is 2.31. The number of hydrogen-bond acceptors (Lipinski definition) is 6. The molecular weight excluding hydrogens is 463 g/mol. The summed E-state index contributed by atoms with van der Waals surface area (Å²) in [5, 5.41) is 0. The van der Waals surface area contributed by atoms with Crippen molar-refractivity contribution in [3.8, 4) is 5.75 Å². The molecule has 1 aliphatic heterocycles. The number of hydrogen-bond donors (Lipinski definition) is 0. The highest BCUT2D eigenvalue weighted by Crippen LogP contribution is 2.22. The minimum absolute atomic E-state index is 0.00251. The Labute approximate surface area is 199 Å². The van der Waals surface area contributed by atoms with Gasteiger partial charge in [0.25, 0.3) is 0 Å². The van der Waals surface area contributed by atoms with Gasteiger partial charge in [-0.05, 0) is 43.2 Å². The van der Waals surface area contributed by atoms with Gasteiger partial charge in [-0.3, -0.25) is 9.59 Å². The molecule has 1 amide bonds. The smallest absolute Gasteiger partial charge is 0.306 e. The van der Waals surface area contributed by atoms with Crippen LogP contribution in [0.1, 0.15) is 24.0 Å². The van der Waals surface area contributed by atoms with Crippen molar-refractivity contribution in [1.82, 2.24) is 9.21 Å². The van der Waals surface area contributed by atoms with Gasteiger partial charge < -0.3 is 14.4 Å². The highest BCUT2D eigenvalue weighted by molar-refractivity contribution is 7.89. The van der Waals surface area contributed by atoms with Crippen molar-refractivity contribution >= 4 is 21.9 Å². The molecule has 0 aliphatic carbocycles. The van der Waals surface area contributed by atoms with E-state index in [1.54, 1.807) is 36.1 Å². The first kappa shape index (κ1) is 25.6. The van der Waals surface area contributed by atoms with Gasteiger partial charge in [0, 0.05) is 32.6 Å². The number of sulfonamides is 1. The molecule has 1 heterocycles. The van der Waals surface area contributed by atoms with Crippen molar-refractivity contribution in [2.45, 2.75) is 31.6 Å². The van der Waals surface area contributed by atoms with Crippen molar-refractivity contribution in [2.24, 2.45) is 0 Å². The van der Waals surface area contributed by atoms with E-state index in [2.05, 4.69) is 0 Å². The summed E-state index contributed by atoms with van der Waals surface area (Å²) in [7, 11) is -3.64. The Hall–Kier alpha value is -2.98. The first-order chi connectivity index (χ1) is 16.2. The molecule has 2 aromatic carbocycles. The van der Waals surface area contributed by atoms with Gasteiger partial charge in [-0.25, -0.2) is 12.8 Å². The molecule has 0 N–H and O–H groups in total. The summed E-state index contributed by atoms with van der Waals surface area (Å²) in [4.78, 5) is 26.2.